The summed E-state index contributed by atoms with van der Waals surface area (Å²) in [5.74, 6) is -5.02. The number of nitrogens with zero attached hydrogens (tertiary/aromatic N) is 1. The Balaban J connectivity index is 2.02. The number of carbonyl (C=O) groups excluding carboxylic acids is 3. The molecule has 1 amide bonds. The second-order valence-electron chi connectivity index (χ2n) is 5.93. The average molecular weight is 455 g/mol. The first-order chi connectivity index (χ1) is 15.0. The summed E-state index contributed by atoms with van der Waals surface area (Å²) in [6.07, 6.45) is -4.14. The topological polar surface area (TPSA) is 128 Å². The summed E-state index contributed by atoms with van der Waals surface area (Å²) in [6, 6.07) is 7.84. The zero-order valence-electron chi connectivity index (χ0n) is 15.8. The molecule has 2 aromatic rings. The lowest BCUT2D eigenvalue weighted by molar-refractivity contribution is -0.384. The van der Waals surface area contributed by atoms with Crippen LogP contribution in [-0.4, -0.2) is 35.4 Å². The minimum atomic E-state index is -5.05. The molecule has 0 aromatic heterocycles. The number of benzene rings is 2. The van der Waals surface area contributed by atoms with E-state index in [0.717, 1.165) is 12.1 Å². The number of halogens is 4. The number of esters is 1. The van der Waals surface area contributed by atoms with Crippen LogP contribution in [0.5, 0.6) is 0 Å². The highest BCUT2D eigenvalue weighted by atomic mass is 19.4. The van der Waals surface area contributed by atoms with Gasteiger partial charge in [-0.05, 0) is 24.3 Å². The highest BCUT2D eigenvalue weighted by molar-refractivity contribution is 5.99. The van der Waals surface area contributed by atoms with Crippen molar-refractivity contribution in [2.24, 2.45) is 0 Å². The normalized spacial score (nSPS) is 11.1. The Bertz CT molecular complexity index is 1080. The van der Waals surface area contributed by atoms with Gasteiger partial charge in [0.1, 0.15) is 11.5 Å². The summed E-state index contributed by atoms with van der Waals surface area (Å²) in [6.45, 7) is -0.871. The number of ether oxygens (including phenoxy) is 1. The van der Waals surface area contributed by atoms with Crippen LogP contribution in [0.2, 0.25) is 0 Å². The predicted molar refractivity (Wildman–Crippen MR) is 102 cm³/mol. The van der Waals surface area contributed by atoms with Crippen molar-refractivity contribution in [2.45, 2.75) is 6.18 Å². The Labute approximate surface area is 176 Å². The molecular formula is C19H13F4N3O6. The number of ketones is 1. The van der Waals surface area contributed by atoms with Crippen molar-refractivity contribution in [1.29, 1.82) is 0 Å². The Morgan fingerprint density at radius 2 is 1.78 bits per heavy atom. The van der Waals surface area contributed by atoms with E-state index >= 15 is 0 Å². The Morgan fingerprint density at radius 1 is 1.09 bits per heavy atom. The number of hydrogen-bond donors (Lipinski definition) is 2. The molecule has 0 atom stereocenters. The fourth-order valence-electron chi connectivity index (χ4n) is 2.25. The monoisotopic (exact) mass is 455 g/mol. The van der Waals surface area contributed by atoms with E-state index in [2.05, 4.69) is 10.6 Å². The molecular weight excluding hydrogens is 442 g/mol. The maximum Gasteiger partial charge on any atom is 0.454 e. The van der Waals surface area contributed by atoms with Crippen molar-refractivity contribution in [3.63, 3.8) is 0 Å². The quantitative estimate of drug-likeness (QED) is 0.205. The molecule has 9 nitrogen and oxygen atoms in total. The number of amides is 1. The molecule has 32 heavy (non-hydrogen) atoms. The number of anilines is 2. The molecule has 0 heterocycles. The second-order valence-corrected chi connectivity index (χ2v) is 5.93. The molecule has 0 spiro atoms. The number of nitro groups is 1. The molecule has 2 rings (SSSR count). The van der Waals surface area contributed by atoms with Crippen molar-refractivity contribution in [2.75, 3.05) is 17.2 Å². The minimum Gasteiger partial charge on any atom is -0.452 e. The van der Waals surface area contributed by atoms with Crippen molar-refractivity contribution < 1.29 is 41.6 Å². The maximum absolute atomic E-state index is 13.1. The number of rotatable bonds is 8. The molecule has 0 saturated carbocycles. The zero-order chi connectivity index (χ0) is 23.9. The number of para-hydroxylation sites is 1. The number of nitro benzene ring substituents is 1. The van der Waals surface area contributed by atoms with Gasteiger partial charge in [0.15, 0.2) is 6.61 Å². The minimum absolute atomic E-state index is 0.0155. The molecule has 0 aliphatic heterocycles. The first-order valence-electron chi connectivity index (χ1n) is 8.53. The second kappa shape index (κ2) is 10.1. The summed E-state index contributed by atoms with van der Waals surface area (Å²) in [4.78, 5) is 45.0. The average Bonchev–Trinajstić information content (AvgIpc) is 2.72. The largest absolute Gasteiger partial charge is 0.454 e. The molecule has 13 heteroatoms. The van der Waals surface area contributed by atoms with Crippen LogP contribution in [0, 0.1) is 15.9 Å². The van der Waals surface area contributed by atoms with E-state index in [1.54, 1.807) is 0 Å². The Morgan fingerprint density at radius 3 is 2.44 bits per heavy atom. The Hall–Kier alpha value is -4.29. The Kier molecular flexibility index (Phi) is 7.61. The number of hydrogen-bond acceptors (Lipinski definition) is 7. The van der Waals surface area contributed by atoms with E-state index in [4.69, 9.17) is 4.74 Å². The predicted octanol–water partition coefficient (Wildman–Crippen LogP) is 3.59. The summed E-state index contributed by atoms with van der Waals surface area (Å²) < 4.78 is 54.6. The van der Waals surface area contributed by atoms with Gasteiger partial charge in [0.05, 0.1) is 22.2 Å². The van der Waals surface area contributed by atoms with Crippen LogP contribution in [0.1, 0.15) is 10.4 Å². The number of nitrogens with one attached hydrogen (secondary N) is 2. The van der Waals surface area contributed by atoms with Crippen LogP contribution in [0.4, 0.5) is 34.6 Å². The molecule has 0 aliphatic carbocycles. The van der Waals surface area contributed by atoms with E-state index in [1.807, 2.05) is 0 Å². The lowest BCUT2D eigenvalue weighted by Crippen LogP contribution is -2.22. The first kappa shape index (κ1) is 24.0. The van der Waals surface area contributed by atoms with Gasteiger partial charge >= 0.3 is 12.1 Å². The third-order valence-electron chi connectivity index (χ3n) is 3.66. The van der Waals surface area contributed by atoms with E-state index in [9.17, 15) is 42.1 Å². The molecule has 0 saturated heterocycles. The van der Waals surface area contributed by atoms with Gasteiger partial charge in [0, 0.05) is 12.3 Å². The molecule has 0 bridgehead atoms. The van der Waals surface area contributed by atoms with Gasteiger partial charge < -0.3 is 15.4 Å². The highest BCUT2D eigenvalue weighted by Gasteiger charge is 2.36. The van der Waals surface area contributed by atoms with Crippen LogP contribution in [-0.2, 0) is 14.3 Å². The third-order valence-corrected chi connectivity index (χ3v) is 3.66. The summed E-state index contributed by atoms with van der Waals surface area (Å²) >= 11 is 0. The highest BCUT2D eigenvalue weighted by Crippen LogP contribution is 2.25. The molecule has 2 aromatic carbocycles. The lowest BCUT2D eigenvalue weighted by atomic mass is 10.2. The van der Waals surface area contributed by atoms with Crippen molar-refractivity contribution in [3.8, 4) is 0 Å². The smallest absolute Gasteiger partial charge is 0.452 e. The van der Waals surface area contributed by atoms with Gasteiger partial charge in [0.2, 0.25) is 0 Å². The SMILES string of the molecule is O=C(COC(=O)c1ccccc1N/C=C/C(=O)C(F)(F)F)Nc1ccc(F)cc1[N+](=O)[O-]. The van der Waals surface area contributed by atoms with Gasteiger partial charge in [-0.15, -0.1) is 0 Å². The fraction of sp³-hybridized carbons (Fsp3) is 0.105. The third kappa shape index (κ3) is 6.62. The number of allylic oxidation sites excluding steroid dienone is 1. The van der Waals surface area contributed by atoms with Crippen LogP contribution >= 0.6 is 0 Å². The van der Waals surface area contributed by atoms with Crippen LogP contribution in [0.3, 0.4) is 0 Å². The van der Waals surface area contributed by atoms with Crippen LogP contribution < -0.4 is 10.6 Å². The van der Waals surface area contributed by atoms with E-state index in [0.29, 0.717) is 12.3 Å². The van der Waals surface area contributed by atoms with E-state index in [-0.39, 0.29) is 23.0 Å². The van der Waals surface area contributed by atoms with Crippen molar-refractivity contribution >= 4 is 34.7 Å². The molecule has 168 valence electrons. The molecule has 2 N–H and O–H groups in total. The first-order valence-corrected chi connectivity index (χ1v) is 8.53. The molecule has 0 fully saturated rings. The van der Waals surface area contributed by atoms with E-state index in [1.165, 1.54) is 24.3 Å². The summed E-state index contributed by atoms with van der Waals surface area (Å²) in [7, 11) is 0. The van der Waals surface area contributed by atoms with Gasteiger partial charge in [-0.1, -0.05) is 12.1 Å². The summed E-state index contributed by atoms with van der Waals surface area (Å²) in [5, 5.41) is 15.4. The maximum atomic E-state index is 13.1. The van der Waals surface area contributed by atoms with Gasteiger partial charge in [-0.3, -0.25) is 19.7 Å². The van der Waals surface area contributed by atoms with Crippen molar-refractivity contribution in [3.05, 3.63) is 76.2 Å². The van der Waals surface area contributed by atoms with Gasteiger partial charge in [-0.25, -0.2) is 9.18 Å². The molecule has 0 unspecified atom stereocenters. The van der Waals surface area contributed by atoms with Crippen LogP contribution in [0.15, 0.2) is 54.7 Å². The number of carbonyl (C=O) groups is 3. The molecule has 0 radical (unpaired) electrons. The van der Waals surface area contributed by atoms with Gasteiger partial charge in [-0.2, -0.15) is 13.2 Å². The lowest BCUT2D eigenvalue weighted by Gasteiger charge is -2.10. The van der Waals surface area contributed by atoms with E-state index < -0.39 is 46.9 Å². The van der Waals surface area contributed by atoms with Crippen molar-refractivity contribution in [1.82, 2.24) is 0 Å². The zero-order valence-corrected chi connectivity index (χ0v) is 15.8. The molecule has 0 aliphatic rings. The summed E-state index contributed by atoms with van der Waals surface area (Å²) in [5.41, 5.74) is -1.21. The standard InChI is InChI=1S/C19H13F4N3O6/c20-11-5-6-14(15(9-11)26(30)31)25-17(28)10-32-18(29)12-3-1-2-4-13(12)24-8-7-16(27)19(21,22)23/h1-9,24H,10H2,(H,25,28)/b8-7+. The number of alkyl halides is 3. The van der Waals surface area contributed by atoms with Gasteiger partial charge in [0.25, 0.3) is 17.4 Å². The van der Waals surface area contributed by atoms with Crippen LogP contribution in [0.25, 0.3) is 0 Å². The fourth-order valence-corrected chi connectivity index (χ4v) is 2.25.